The third-order valence-electron chi connectivity index (χ3n) is 4.53. The Hall–Kier alpha value is -2.82. The van der Waals surface area contributed by atoms with Crippen LogP contribution in [0.5, 0.6) is 0 Å². The number of pyridine rings is 1. The summed E-state index contributed by atoms with van der Waals surface area (Å²) in [5.74, 6) is 0.0284. The molecule has 0 saturated carbocycles. The third-order valence-corrected chi connectivity index (χ3v) is 5.19. The van der Waals surface area contributed by atoms with Crippen LogP contribution < -0.4 is 0 Å². The molecule has 3 aromatic heterocycles. The van der Waals surface area contributed by atoms with Gasteiger partial charge in [-0.15, -0.1) is 3.89 Å². The molecular formula is C20H15ClFN5S. The van der Waals surface area contributed by atoms with Gasteiger partial charge in [0.25, 0.3) is 0 Å². The number of fused-ring (bicyclic) bond motifs is 1. The Kier molecular flexibility index (Phi) is 4.84. The molecule has 0 atom stereocenters. The lowest BCUT2D eigenvalue weighted by Gasteiger charge is -2.11. The second-order valence-electron chi connectivity index (χ2n) is 6.61. The Balaban J connectivity index is 2.02. The van der Waals surface area contributed by atoms with Gasteiger partial charge in [0.1, 0.15) is 23.1 Å². The molecule has 0 aliphatic rings. The van der Waals surface area contributed by atoms with Gasteiger partial charge in [-0.05, 0) is 30.2 Å². The lowest BCUT2D eigenvalue weighted by Crippen LogP contribution is -1.99. The molecule has 1 aromatic carbocycles. The fourth-order valence-electron chi connectivity index (χ4n) is 3.28. The van der Waals surface area contributed by atoms with Crippen molar-refractivity contribution in [2.45, 2.75) is 19.8 Å². The van der Waals surface area contributed by atoms with Gasteiger partial charge in [-0.3, -0.25) is 4.40 Å². The molecule has 0 radical (unpaired) electrons. The normalized spacial score (nSPS) is 11.3. The van der Waals surface area contributed by atoms with Gasteiger partial charge in [0.05, 0.1) is 11.9 Å². The summed E-state index contributed by atoms with van der Waals surface area (Å²) in [7, 11) is 0. The molecule has 0 bridgehead atoms. The molecular weight excluding hydrogens is 397 g/mol. The number of halogens is 2. The van der Waals surface area contributed by atoms with E-state index in [1.807, 2.05) is 44.3 Å². The molecule has 0 amide bonds. The van der Waals surface area contributed by atoms with Crippen molar-refractivity contribution in [2.75, 3.05) is 0 Å². The van der Waals surface area contributed by atoms with Crippen molar-refractivity contribution in [3.8, 4) is 28.5 Å². The Morgan fingerprint density at radius 3 is 2.50 bits per heavy atom. The van der Waals surface area contributed by atoms with E-state index in [4.69, 9.17) is 11.6 Å². The van der Waals surface area contributed by atoms with Gasteiger partial charge in [-0.25, -0.2) is 4.98 Å². The maximum Gasteiger partial charge on any atom is 0.187 e. The number of nitrogens with zero attached hydrogens (tertiary/aromatic N) is 5. The van der Waals surface area contributed by atoms with Crippen LogP contribution in [0.25, 0.3) is 28.0 Å². The van der Waals surface area contributed by atoms with Gasteiger partial charge in [0.15, 0.2) is 12.3 Å². The first-order valence-corrected chi connectivity index (χ1v) is 9.64. The number of rotatable bonds is 4. The van der Waals surface area contributed by atoms with Crippen LogP contribution in [0.4, 0.5) is 3.89 Å². The van der Waals surface area contributed by atoms with E-state index >= 15 is 0 Å². The quantitative estimate of drug-likeness (QED) is 0.420. The summed E-state index contributed by atoms with van der Waals surface area (Å²) in [5.41, 5.74) is 5.01. The predicted octanol–water partition coefficient (Wildman–Crippen LogP) is 5.89. The minimum Gasteiger partial charge on any atom is -0.291 e. The molecule has 3 heterocycles. The SMILES string of the molecule is CC(C)c1c(-c2ccc3ncc(C#N)n3c2)c(-c2ccc(Cl)cc2)nn1SF. The summed E-state index contributed by atoms with van der Waals surface area (Å²) in [6.07, 6.45) is 3.37. The number of benzene rings is 1. The van der Waals surface area contributed by atoms with E-state index in [0.29, 0.717) is 22.1 Å². The van der Waals surface area contributed by atoms with Gasteiger partial charge < -0.3 is 0 Å². The monoisotopic (exact) mass is 411 g/mol. The first kappa shape index (κ1) is 18.5. The molecule has 0 unspecified atom stereocenters. The summed E-state index contributed by atoms with van der Waals surface area (Å²) in [6, 6.07) is 13.2. The zero-order chi connectivity index (χ0) is 19.8. The number of nitriles is 1. The average Bonchev–Trinajstić information content (AvgIpc) is 3.29. The van der Waals surface area contributed by atoms with Gasteiger partial charge in [0, 0.05) is 27.9 Å². The Morgan fingerprint density at radius 2 is 1.86 bits per heavy atom. The van der Waals surface area contributed by atoms with Crippen molar-refractivity contribution in [2.24, 2.45) is 0 Å². The molecule has 140 valence electrons. The number of aromatic nitrogens is 4. The van der Waals surface area contributed by atoms with Crippen LogP contribution in [0.3, 0.4) is 0 Å². The highest BCUT2D eigenvalue weighted by molar-refractivity contribution is 7.92. The number of hydrogen-bond donors (Lipinski definition) is 0. The number of imidazole rings is 1. The van der Waals surface area contributed by atoms with Gasteiger partial charge in [0.2, 0.25) is 0 Å². The van der Waals surface area contributed by atoms with Crippen molar-refractivity contribution in [1.82, 2.24) is 18.6 Å². The molecule has 0 aliphatic heterocycles. The molecule has 8 heteroatoms. The first-order chi connectivity index (χ1) is 13.5. The van der Waals surface area contributed by atoms with E-state index < -0.39 is 0 Å². The maximum atomic E-state index is 13.7. The second-order valence-corrected chi connectivity index (χ2v) is 7.53. The highest BCUT2D eigenvalue weighted by Crippen LogP contribution is 2.40. The summed E-state index contributed by atoms with van der Waals surface area (Å²) < 4.78 is 16.7. The maximum absolute atomic E-state index is 13.7. The Morgan fingerprint density at radius 1 is 1.14 bits per heavy atom. The fourth-order valence-corrected chi connectivity index (χ4v) is 3.89. The molecule has 0 N–H and O–H groups in total. The topological polar surface area (TPSA) is 58.9 Å². The lowest BCUT2D eigenvalue weighted by molar-refractivity contribution is 0.769. The van der Waals surface area contributed by atoms with E-state index in [2.05, 4.69) is 16.2 Å². The van der Waals surface area contributed by atoms with Crippen LogP contribution in [-0.2, 0) is 0 Å². The lowest BCUT2D eigenvalue weighted by atomic mass is 9.95. The zero-order valence-electron chi connectivity index (χ0n) is 15.1. The van der Waals surface area contributed by atoms with E-state index in [-0.39, 0.29) is 18.3 Å². The summed E-state index contributed by atoms with van der Waals surface area (Å²) in [6.45, 7) is 3.99. The third kappa shape index (κ3) is 3.05. The largest absolute Gasteiger partial charge is 0.291 e. The van der Waals surface area contributed by atoms with E-state index in [0.717, 1.165) is 22.4 Å². The van der Waals surface area contributed by atoms with Gasteiger partial charge in [-0.2, -0.15) is 14.4 Å². The first-order valence-electron chi connectivity index (χ1n) is 8.59. The molecule has 28 heavy (non-hydrogen) atoms. The molecule has 0 fully saturated rings. The highest BCUT2D eigenvalue weighted by atomic mass is 35.5. The van der Waals surface area contributed by atoms with Crippen molar-refractivity contribution >= 4 is 29.6 Å². The van der Waals surface area contributed by atoms with Crippen molar-refractivity contribution in [3.63, 3.8) is 0 Å². The summed E-state index contributed by atoms with van der Waals surface area (Å²) >= 11 is 6.10. The van der Waals surface area contributed by atoms with Crippen LogP contribution >= 0.6 is 23.9 Å². The van der Waals surface area contributed by atoms with Crippen LogP contribution in [0.2, 0.25) is 5.02 Å². The smallest absolute Gasteiger partial charge is 0.187 e. The molecule has 0 spiro atoms. The average molecular weight is 412 g/mol. The molecule has 0 aliphatic carbocycles. The predicted molar refractivity (Wildman–Crippen MR) is 110 cm³/mol. The second kappa shape index (κ2) is 7.30. The van der Waals surface area contributed by atoms with Gasteiger partial charge >= 0.3 is 0 Å². The minimum atomic E-state index is 0.0284. The highest BCUT2D eigenvalue weighted by Gasteiger charge is 2.24. The van der Waals surface area contributed by atoms with E-state index in [1.165, 1.54) is 10.3 Å². The molecule has 0 saturated heterocycles. The fraction of sp³-hybridized carbons (Fsp3) is 0.150. The Bertz CT molecular complexity index is 1200. The number of hydrogen-bond acceptors (Lipinski definition) is 4. The molecule has 5 nitrogen and oxygen atoms in total. The van der Waals surface area contributed by atoms with E-state index in [9.17, 15) is 9.15 Å². The van der Waals surface area contributed by atoms with Crippen LogP contribution in [-0.4, -0.2) is 18.6 Å². The van der Waals surface area contributed by atoms with Crippen LogP contribution in [0.15, 0.2) is 48.8 Å². The van der Waals surface area contributed by atoms with Crippen molar-refractivity contribution in [1.29, 1.82) is 5.26 Å². The van der Waals surface area contributed by atoms with E-state index in [1.54, 1.807) is 16.5 Å². The van der Waals surface area contributed by atoms with Crippen LogP contribution in [0, 0.1) is 11.3 Å². The van der Waals surface area contributed by atoms with Crippen LogP contribution in [0.1, 0.15) is 31.2 Å². The van der Waals surface area contributed by atoms with Crippen molar-refractivity contribution < 1.29 is 3.89 Å². The van der Waals surface area contributed by atoms with Crippen molar-refractivity contribution in [3.05, 3.63) is 65.2 Å². The Labute approximate surface area is 170 Å². The zero-order valence-corrected chi connectivity index (χ0v) is 16.7. The summed E-state index contributed by atoms with van der Waals surface area (Å²) in [4.78, 5) is 4.23. The minimum absolute atomic E-state index is 0.0284. The standard InChI is InChI=1S/C20H15ClFN5S/c1-12(2)20-18(14-5-8-17-24-10-16(9-23)26(17)11-14)19(25-27(20)28-22)13-3-6-15(21)7-4-13/h3-8,10-12H,1-2H3. The molecule has 4 rings (SSSR count). The van der Waals surface area contributed by atoms with Gasteiger partial charge in [-0.1, -0.05) is 37.6 Å². The molecule has 4 aromatic rings. The summed E-state index contributed by atoms with van der Waals surface area (Å²) in [5, 5.41) is 14.5.